The van der Waals surface area contributed by atoms with E-state index in [4.69, 9.17) is 4.74 Å². The number of nitrogens with zero attached hydrogens (tertiary/aromatic N) is 1. The Morgan fingerprint density at radius 1 is 0.260 bits per heavy atom. The first-order valence-corrected chi connectivity index (χ1v) is 17.0. The second-order valence-electron chi connectivity index (χ2n) is 12.5. The van der Waals surface area contributed by atoms with Gasteiger partial charge in [-0.15, -0.1) is 0 Å². The fraction of sp³-hybridized carbons (Fsp3) is 0. The van der Waals surface area contributed by atoms with Gasteiger partial charge in [-0.3, -0.25) is 0 Å². The van der Waals surface area contributed by atoms with Gasteiger partial charge in [-0.1, -0.05) is 176 Å². The first-order valence-electron chi connectivity index (χ1n) is 17.0. The number of hydrogen-bond acceptors (Lipinski definition) is 2. The lowest BCUT2D eigenvalue weighted by Gasteiger charge is -2.30. The Morgan fingerprint density at radius 2 is 0.680 bits per heavy atom. The summed E-state index contributed by atoms with van der Waals surface area (Å²) in [5.41, 5.74) is 14.3. The number of para-hydroxylation sites is 3. The average Bonchev–Trinajstić information content (AvgIpc) is 3.35. The summed E-state index contributed by atoms with van der Waals surface area (Å²) in [5, 5.41) is 0. The Labute approximate surface area is 293 Å². The Hall–Kier alpha value is -6.64. The zero-order valence-electron chi connectivity index (χ0n) is 27.4. The maximum Gasteiger partial charge on any atom is 0.159 e. The van der Waals surface area contributed by atoms with E-state index >= 15 is 0 Å². The van der Waals surface area contributed by atoms with Gasteiger partial charge < -0.3 is 9.64 Å². The van der Waals surface area contributed by atoms with E-state index in [9.17, 15) is 0 Å². The third-order valence-electron chi connectivity index (χ3n) is 9.51. The second-order valence-corrected chi connectivity index (χ2v) is 12.5. The van der Waals surface area contributed by atoms with E-state index in [1.807, 2.05) is 0 Å². The first kappa shape index (κ1) is 29.5. The number of hydrogen-bond donors (Lipinski definition) is 0. The van der Waals surface area contributed by atoms with Gasteiger partial charge in [0.2, 0.25) is 0 Å². The van der Waals surface area contributed by atoms with Gasteiger partial charge in [-0.05, 0) is 57.6 Å². The van der Waals surface area contributed by atoms with E-state index in [-0.39, 0.29) is 0 Å². The molecule has 0 radical (unpaired) electrons. The molecule has 50 heavy (non-hydrogen) atoms. The number of rotatable bonds is 6. The minimum atomic E-state index is 0.817. The van der Waals surface area contributed by atoms with Gasteiger partial charge in [0.1, 0.15) is 5.75 Å². The topological polar surface area (TPSA) is 12.5 Å². The summed E-state index contributed by atoms with van der Waals surface area (Å²) in [7, 11) is 0. The smallest absolute Gasteiger partial charge is 0.159 e. The Kier molecular flexibility index (Phi) is 7.53. The maximum absolute atomic E-state index is 7.32. The van der Waals surface area contributed by atoms with Gasteiger partial charge in [0, 0.05) is 27.9 Å². The summed E-state index contributed by atoms with van der Waals surface area (Å²) in [6, 6.07) is 70.8. The van der Waals surface area contributed by atoms with Crippen molar-refractivity contribution in [1.29, 1.82) is 0 Å². The van der Waals surface area contributed by atoms with Crippen LogP contribution in [0.15, 0.2) is 200 Å². The van der Waals surface area contributed by atoms with Crippen LogP contribution >= 0.6 is 0 Å². The number of ether oxygens (including phenoxy) is 1. The molecule has 0 fully saturated rings. The highest BCUT2D eigenvalue weighted by molar-refractivity contribution is 5.99. The van der Waals surface area contributed by atoms with Crippen molar-refractivity contribution in [2.24, 2.45) is 0 Å². The lowest BCUT2D eigenvalue weighted by Crippen LogP contribution is -2.12. The molecule has 8 aromatic carbocycles. The monoisotopic (exact) mass is 639 g/mol. The van der Waals surface area contributed by atoms with Crippen molar-refractivity contribution in [3.05, 3.63) is 200 Å². The van der Waals surface area contributed by atoms with Crippen molar-refractivity contribution >= 4 is 17.1 Å². The van der Waals surface area contributed by atoms with Crippen LogP contribution in [-0.2, 0) is 0 Å². The van der Waals surface area contributed by atoms with Crippen LogP contribution in [0.4, 0.5) is 17.1 Å². The molecule has 9 rings (SSSR count). The number of anilines is 3. The van der Waals surface area contributed by atoms with E-state index in [1.54, 1.807) is 0 Å². The lowest BCUT2D eigenvalue weighted by atomic mass is 9.92. The van der Waals surface area contributed by atoms with Crippen LogP contribution in [0.2, 0.25) is 0 Å². The third kappa shape index (κ3) is 5.24. The van der Waals surface area contributed by atoms with Gasteiger partial charge in [0.05, 0.1) is 11.4 Å². The standard InChI is InChI=1S/C48H33NO/c1-4-16-34(17-5-1)35-30-32-38(33-31-35)49(45-28-13-12-22-39(45)36-18-6-2-7-19-36)46-29-15-27-44-42-24-11-10-23-41(42)43-26-14-25-40(47(43)50-48(44)46)37-20-8-3-9-21-37/h1-33H. The molecule has 1 heterocycles. The zero-order chi connectivity index (χ0) is 33.3. The molecule has 8 aromatic rings. The van der Waals surface area contributed by atoms with E-state index in [1.165, 1.54) is 11.1 Å². The molecule has 1 aliphatic rings. The van der Waals surface area contributed by atoms with Gasteiger partial charge in [-0.2, -0.15) is 0 Å². The molecule has 0 amide bonds. The highest BCUT2D eigenvalue weighted by Gasteiger charge is 2.28. The second kappa shape index (κ2) is 12.8. The van der Waals surface area contributed by atoms with E-state index < -0.39 is 0 Å². The number of benzene rings is 8. The highest BCUT2D eigenvalue weighted by Crippen LogP contribution is 2.55. The van der Waals surface area contributed by atoms with Crippen molar-refractivity contribution in [3.63, 3.8) is 0 Å². The fourth-order valence-electron chi connectivity index (χ4n) is 7.15. The van der Waals surface area contributed by atoms with Crippen LogP contribution in [0, 0.1) is 0 Å². The minimum absolute atomic E-state index is 0.817. The summed E-state index contributed by atoms with van der Waals surface area (Å²) in [5.74, 6) is 1.67. The molecule has 0 saturated carbocycles. The van der Waals surface area contributed by atoms with Gasteiger partial charge in [0.25, 0.3) is 0 Å². The molecule has 236 valence electrons. The molecule has 0 aliphatic carbocycles. The molecular formula is C48H33NO. The summed E-state index contributed by atoms with van der Waals surface area (Å²) < 4.78 is 7.32. The Bertz CT molecular complexity index is 2430. The van der Waals surface area contributed by atoms with Gasteiger partial charge in [0.15, 0.2) is 5.75 Å². The Balaban J connectivity index is 1.30. The first-order chi connectivity index (χ1) is 24.8. The fourth-order valence-corrected chi connectivity index (χ4v) is 7.15. The van der Waals surface area contributed by atoms with E-state index in [2.05, 4.69) is 205 Å². The molecule has 0 bridgehead atoms. The van der Waals surface area contributed by atoms with Gasteiger partial charge >= 0.3 is 0 Å². The van der Waals surface area contributed by atoms with Crippen LogP contribution in [-0.4, -0.2) is 0 Å². The van der Waals surface area contributed by atoms with Crippen molar-refractivity contribution in [1.82, 2.24) is 0 Å². The molecule has 0 N–H and O–H groups in total. The largest absolute Gasteiger partial charge is 0.453 e. The summed E-state index contributed by atoms with van der Waals surface area (Å²) in [4.78, 5) is 2.36. The number of fused-ring (bicyclic) bond motifs is 5. The van der Waals surface area contributed by atoms with E-state index in [0.717, 1.165) is 73.1 Å². The molecule has 2 nitrogen and oxygen atoms in total. The van der Waals surface area contributed by atoms with Crippen molar-refractivity contribution in [2.75, 3.05) is 4.90 Å². The Morgan fingerprint density at radius 3 is 1.32 bits per heavy atom. The molecular weight excluding hydrogens is 607 g/mol. The van der Waals surface area contributed by atoms with Crippen LogP contribution in [0.1, 0.15) is 0 Å². The zero-order valence-corrected chi connectivity index (χ0v) is 27.4. The molecule has 0 aromatic heterocycles. The normalized spacial score (nSPS) is 11.4. The van der Waals surface area contributed by atoms with Crippen LogP contribution in [0.25, 0.3) is 55.6 Å². The molecule has 0 atom stereocenters. The van der Waals surface area contributed by atoms with Crippen molar-refractivity contribution in [3.8, 4) is 67.1 Å². The summed E-state index contributed by atoms with van der Waals surface area (Å²) >= 11 is 0. The molecule has 0 saturated heterocycles. The van der Waals surface area contributed by atoms with Crippen LogP contribution in [0.5, 0.6) is 11.5 Å². The highest BCUT2D eigenvalue weighted by atomic mass is 16.5. The predicted molar refractivity (Wildman–Crippen MR) is 208 cm³/mol. The predicted octanol–water partition coefficient (Wildman–Crippen LogP) is 13.6. The molecule has 0 spiro atoms. The van der Waals surface area contributed by atoms with Crippen LogP contribution < -0.4 is 9.64 Å². The lowest BCUT2D eigenvalue weighted by molar-refractivity contribution is 0.490. The quantitative estimate of drug-likeness (QED) is 0.179. The molecule has 0 unspecified atom stereocenters. The van der Waals surface area contributed by atoms with Crippen molar-refractivity contribution < 1.29 is 4.74 Å². The maximum atomic E-state index is 7.32. The summed E-state index contributed by atoms with van der Waals surface area (Å²) in [6.45, 7) is 0. The SMILES string of the molecule is c1ccc(-c2ccc(N(c3ccccc3-c3ccccc3)c3cccc4c3Oc3c(-c5ccccc5)cccc3-c3ccccc3-4)cc2)cc1. The minimum Gasteiger partial charge on any atom is -0.453 e. The third-order valence-corrected chi connectivity index (χ3v) is 9.51. The van der Waals surface area contributed by atoms with E-state index in [0.29, 0.717) is 0 Å². The van der Waals surface area contributed by atoms with Crippen LogP contribution in [0.3, 0.4) is 0 Å². The molecule has 1 aliphatic heterocycles. The summed E-state index contributed by atoms with van der Waals surface area (Å²) in [6.07, 6.45) is 0. The van der Waals surface area contributed by atoms with Crippen molar-refractivity contribution in [2.45, 2.75) is 0 Å². The van der Waals surface area contributed by atoms with Gasteiger partial charge in [-0.25, -0.2) is 0 Å². The molecule has 2 heteroatoms. The average molecular weight is 640 g/mol.